The summed E-state index contributed by atoms with van der Waals surface area (Å²) in [5, 5.41) is 0. The average molecular weight is 327 g/mol. The molecule has 0 atom stereocenters. The molecule has 1 N–H and O–H groups in total. The summed E-state index contributed by atoms with van der Waals surface area (Å²) >= 11 is 0. The summed E-state index contributed by atoms with van der Waals surface area (Å²) in [5.74, 6) is 0.699. The van der Waals surface area contributed by atoms with Crippen LogP contribution in [-0.4, -0.2) is 21.1 Å². The average Bonchev–Trinajstić information content (AvgIpc) is 2.26. The van der Waals surface area contributed by atoms with E-state index < -0.39 is 15.6 Å². The number of benzene rings is 1. The van der Waals surface area contributed by atoms with E-state index in [4.69, 9.17) is 4.74 Å². The molecule has 0 amide bonds. The highest BCUT2D eigenvalue weighted by Crippen LogP contribution is 2.30. The van der Waals surface area contributed by atoms with Crippen LogP contribution in [0.3, 0.4) is 0 Å². The van der Waals surface area contributed by atoms with Crippen molar-refractivity contribution in [2.24, 2.45) is 5.41 Å². The van der Waals surface area contributed by atoms with Gasteiger partial charge in [0.2, 0.25) is 10.0 Å². The Balaban J connectivity index is 3.18. The van der Waals surface area contributed by atoms with Crippen molar-refractivity contribution in [2.75, 3.05) is 7.11 Å². The molecule has 0 unspecified atom stereocenters. The van der Waals surface area contributed by atoms with Gasteiger partial charge in [0.25, 0.3) is 0 Å². The molecule has 0 spiro atoms. The van der Waals surface area contributed by atoms with Crippen LogP contribution in [0.2, 0.25) is 0 Å². The van der Waals surface area contributed by atoms with Gasteiger partial charge in [0, 0.05) is 5.54 Å². The summed E-state index contributed by atoms with van der Waals surface area (Å²) < 4.78 is 33.6. The maximum atomic E-state index is 12.8. The molecule has 0 aromatic heterocycles. The Morgan fingerprint density at radius 3 is 2.05 bits per heavy atom. The summed E-state index contributed by atoms with van der Waals surface area (Å²) in [6.07, 6.45) is 0.743. The number of hydrogen-bond acceptors (Lipinski definition) is 3. The van der Waals surface area contributed by atoms with E-state index in [1.54, 1.807) is 26.2 Å². The molecule has 22 heavy (non-hydrogen) atoms. The molecule has 0 saturated heterocycles. The van der Waals surface area contributed by atoms with Gasteiger partial charge in [-0.15, -0.1) is 0 Å². The number of aryl methyl sites for hydroxylation is 2. The summed E-state index contributed by atoms with van der Waals surface area (Å²) in [4.78, 5) is 0.313. The van der Waals surface area contributed by atoms with Gasteiger partial charge in [0.15, 0.2) is 0 Å². The van der Waals surface area contributed by atoms with Crippen LogP contribution in [0.15, 0.2) is 17.0 Å². The third-order valence-corrected chi connectivity index (χ3v) is 5.21. The SMILES string of the molecule is COc1cc(C)c(S(=O)(=O)NC(C)(C)CC(C)(C)C)cc1C. The van der Waals surface area contributed by atoms with Gasteiger partial charge in [-0.05, 0) is 62.8 Å². The molecule has 0 radical (unpaired) electrons. The van der Waals surface area contributed by atoms with E-state index in [1.165, 1.54) is 0 Å². The maximum Gasteiger partial charge on any atom is 0.241 e. The van der Waals surface area contributed by atoms with Crippen molar-refractivity contribution >= 4 is 10.0 Å². The van der Waals surface area contributed by atoms with Gasteiger partial charge < -0.3 is 4.74 Å². The second-order valence-corrected chi connectivity index (χ2v) is 9.46. The molecule has 1 aromatic rings. The smallest absolute Gasteiger partial charge is 0.241 e. The maximum absolute atomic E-state index is 12.8. The molecule has 4 nitrogen and oxygen atoms in total. The first-order chi connectivity index (χ1) is 9.77. The third kappa shape index (κ3) is 4.99. The fourth-order valence-corrected chi connectivity index (χ4v) is 4.78. The topological polar surface area (TPSA) is 55.4 Å². The number of rotatable bonds is 5. The van der Waals surface area contributed by atoms with Gasteiger partial charge in [-0.2, -0.15) is 0 Å². The summed E-state index contributed by atoms with van der Waals surface area (Å²) in [6.45, 7) is 13.8. The van der Waals surface area contributed by atoms with Crippen molar-refractivity contribution in [2.45, 2.75) is 65.3 Å². The molecule has 0 heterocycles. The third-order valence-electron chi connectivity index (χ3n) is 3.36. The lowest BCUT2D eigenvalue weighted by Crippen LogP contribution is -2.45. The van der Waals surface area contributed by atoms with Gasteiger partial charge in [-0.25, -0.2) is 13.1 Å². The molecule has 0 aliphatic rings. The fraction of sp³-hybridized carbons (Fsp3) is 0.647. The van der Waals surface area contributed by atoms with E-state index in [0.29, 0.717) is 16.2 Å². The normalized spacial score (nSPS) is 13.3. The van der Waals surface area contributed by atoms with Crippen LogP contribution in [0.25, 0.3) is 0 Å². The fourth-order valence-electron chi connectivity index (χ4n) is 3.05. The molecule has 0 aliphatic heterocycles. The van der Waals surface area contributed by atoms with E-state index in [2.05, 4.69) is 25.5 Å². The van der Waals surface area contributed by atoms with Crippen molar-refractivity contribution in [1.29, 1.82) is 0 Å². The Morgan fingerprint density at radius 2 is 1.59 bits per heavy atom. The first-order valence-corrected chi connectivity index (χ1v) is 8.95. The second-order valence-electron chi connectivity index (χ2n) is 7.81. The number of methoxy groups -OCH3 is 1. The second kappa shape index (κ2) is 6.20. The molecule has 0 saturated carbocycles. The van der Waals surface area contributed by atoms with Crippen molar-refractivity contribution in [1.82, 2.24) is 4.72 Å². The van der Waals surface area contributed by atoms with Gasteiger partial charge >= 0.3 is 0 Å². The molecule has 0 fully saturated rings. The summed E-state index contributed by atoms with van der Waals surface area (Å²) in [5.41, 5.74) is 1.01. The zero-order valence-corrected chi connectivity index (χ0v) is 15.8. The molecule has 0 aliphatic carbocycles. The quantitative estimate of drug-likeness (QED) is 0.895. The zero-order chi connectivity index (χ0) is 17.3. The number of sulfonamides is 1. The first kappa shape index (κ1) is 19.0. The minimum absolute atomic E-state index is 0.0386. The number of ether oxygens (including phenoxy) is 1. The lowest BCUT2D eigenvalue weighted by molar-refractivity contribution is 0.269. The highest BCUT2D eigenvalue weighted by atomic mass is 32.2. The van der Waals surface area contributed by atoms with Crippen LogP contribution < -0.4 is 9.46 Å². The van der Waals surface area contributed by atoms with E-state index in [-0.39, 0.29) is 5.41 Å². The molecular weight excluding hydrogens is 298 g/mol. The van der Waals surface area contributed by atoms with Crippen molar-refractivity contribution in [3.8, 4) is 5.75 Å². The molecule has 1 aromatic carbocycles. The van der Waals surface area contributed by atoms with E-state index >= 15 is 0 Å². The highest BCUT2D eigenvalue weighted by Gasteiger charge is 2.31. The Hall–Kier alpha value is -1.07. The summed E-state index contributed by atoms with van der Waals surface area (Å²) in [6, 6.07) is 3.43. The van der Waals surface area contributed by atoms with Crippen LogP contribution >= 0.6 is 0 Å². The van der Waals surface area contributed by atoms with E-state index in [1.807, 2.05) is 20.8 Å². The standard InChI is InChI=1S/C17H29NO3S/c1-12-10-15(13(2)9-14(12)21-8)22(19,20)18-17(6,7)11-16(3,4)5/h9-10,18H,11H2,1-8H3. The Labute approximate surface area is 135 Å². The van der Waals surface area contributed by atoms with Crippen LogP contribution in [0.5, 0.6) is 5.75 Å². The van der Waals surface area contributed by atoms with Gasteiger partial charge in [-0.1, -0.05) is 20.8 Å². The van der Waals surface area contributed by atoms with Crippen molar-refractivity contribution in [3.05, 3.63) is 23.3 Å². The van der Waals surface area contributed by atoms with Gasteiger partial charge in [0.05, 0.1) is 12.0 Å². The molecule has 0 bridgehead atoms. The van der Waals surface area contributed by atoms with Gasteiger partial charge in [0.1, 0.15) is 5.75 Å². The first-order valence-electron chi connectivity index (χ1n) is 7.47. The highest BCUT2D eigenvalue weighted by molar-refractivity contribution is 7.89. The van der Waals surface area contributed by atoms with Gasteiger partial charge in [-0.3, -0.25) is 0 Å². The predicted molar refractivity (Wildman–Crippen MR) is 90.9 cm³/mol. The zero-order valence-electron chi connectivity index (χ0n) is 15.0. The van der Waals surface area contributed by atoms with E-state index in [9.17, 15) is 8.42 Å². The lowest BCUT2D eigenvalue weighted by atomic mass is 9.82. The molecule has 126 valence electrons. The van der Waals surface area contributed by atoms with Crippen LogP contribution in [-0.2, 0) is 10.0 Å². The van der Waals surface area contributed by atoms with E-state index in [0.717, 1.165) is 12.0 Å². The van der Waals surface area contributed by atoms with Crippen LogP contribution in [0, 0.1) is 19.3 Å². The predicted octanol–water partition coefficient (Wildman–Crippen LogP) is 3.81. The Kier molecular flexibility index (Phi) is 5.35. The lowest BCUT2D eigenvalue weighted by Gasteiger charge is -2.33. The van der Waals surface area contributed by atoms with Crippen LogP contribution in [0.4, 0.5) is 0 Å². The molecular formula is C17H29NO3S. The van der Waals surface area contributed by atoms with Crippen LogP contribution in [0.1, 0.15) is 52.2 Å². The molecule has 1 rings (SSSR count). The van der Waals surface area contributed by atoms with Crippen molar-refractivity contribution < 1.29 is 13.2 Å². The Morgan fingerprint density at radius 1 is 1.05 bits per heavy atom. The minimum Gasteiger partial charge on any atom is -0.496 e. The molecule has 5 heteroatoms. The number of nitrogens with one attached hydrogen (secondary N) is 1. The van der Waals surface area contributed by atoms with Crippen molar-refractivity contribution in [3.63, 3.8) is 0 Å². The largest absolute Gasteiger partial charge is 0.496 e. The minimum atomic E-state index is -3.57. The monoisotopic (exact) mass is 327 g/mol. The number of hydrogen-bond donors (Lipinski definition) is 1. The summed E-state index contributed by atoms with van der Waals surface area (Å²) in [7, 11) is -1.99. The Bertz CT molecular complexity index is 641.